The molecule has 3 rings (SSSR count). The molecule has 190 valence electrons. The summed E-state index contributed by atoms with van der Waals surface area (Å²) >= 11 is 1.43. The number of carbonyl (C=O) groups is 1. The van der Waals surface area contributed by atoms with Crippen molar-refractivity contribution >= 4 is 29.7 Å². The van der Waals surface area contributed by atoms with Crippen LogP contribution in [0.25, 0.3) is 0 Å². The highest BCUT2D eigenvalue weighted by molar-refractivity contribution is 7.07. The number of hydrogen-bond donors (Lipinski definition) is 1. The summed E-state index contributed by atoms with van der Waals surface area (Å²) in [5.74, 6) is -0.495. The Hall–Kier alpha value is -2.01. The topological polar surface area (TPSA) is 46.4 Å². The van der Waals surface area contributed by atoms with Crippen molar-refractivity contribution in [3.05, 3.63) is 50.8 Å². The fourth-order valence-corrected chi connectivity index (χ4v) is 4.90. The van der Waals surface area contributed by atoms with Crippen LogP contribution < -0.4 is 10.1 Å². The number of hydrogen-bond acceptors (Lipinski definition) is 3. The van der Waals surface area contributed by atoms with Gasteiger partial charge in [-0.15, -0.1) is 23.7 Å². The Labute approximate surface area is 203 Å². The number of thiazole rings is 1. The molecule has 0 spiro atoms. The third-order valence-electron chi connectivity index (χ3n) is 5.54. The molecular weight excluding hydrogens is 504 g/mol. The van der Waals surface area contributed by atoms with Gasteiger partial charge in [0, 0.05) is 24.2 Å². The largest absolute Gasteiger partial charge is 0.416 e. The summed E-state index contributed by atoms with van der Waals surface area (Å²) in [5.41, 5.74) is -2.38. The minimum Gasteiger partial charge on any atom is -0.352 e. The maximum Gasteiger partial charge on any atom is 0.416 e. The Bertz CT molecular complexity index is 1010. The van der Waals surface area contributed by atoms with Gasteiger partial charge >= 0.3 is 12.4 Å². The first-order chi connectivity index (χ1) is 15.5. The van der Waals surface area contributed by atoms with E-state index in [1.165, 1.54) is 17.8 Å². The standard InChI is InChI=1S/C22H25F6N3OS.ClH/c1-2-31-18(13-33-20(31)30-17-6-4-3-5-7-17)11-19(32)29-12-14-8-15(21(23,24)25)10-16(9-14)22(26,27)28;/h8-10,13,17H,2-7,11-12H2,1H3,(H,29,32);1H. The third-order valence-corrected chi connectivity index (χ3v) is 6.47. The van der Waals surface area contributed by atoms with Crippen LogP contribution in [-0.2, 0) is 36.7 Å². The average molecular weight is 530 g/mol. The monoisotopic (exact) mass is 529 g/mol. The van der Waals surface area contributed by atoms with Gasteiger partial charge in [-0.1, -0.05) is 19.3 Å². The maximum atomic E-state index is 13.0. The van der Waals surface area contributed by atoms with Crippen LogP contribution in [0.4, 0.5) is 26.3 Å². The summed E-state index contributed by atoms with van der Waals surface area (Å²) in [4.78, 5) is 18.1. The maximum absolute atomic E-state index is 13.0. The number of halogens is 7. The van der Waals surface area contributed by atoms with Gasteiger partial charge < -0.3 is 9.88 Å². The van der Waals surface area contributed by atoms with E-state index in [1.807, 2.05) is 16.9 Å². The van der Waals surface area contributed by atoms with Crippen LogP contribution in [0.2, 0.25) is 0 Å². The van der Waals surface area contributed by atoms with Crippen molar-refractivity contribution in [2.75, 3.05) is 0 Å². The molecule has 0 atom stereocenters. The van der Waals surface area contributed by atoms with E-state index < -0.39 is 35.9 Å². The highest BCUT2D eigenvalue weighted by Crippen LogP contribution is 2.36. The first kappa shape index (κ1) is 28.2. The molecule has 34 heavy (non-hydrogen) atoms. The zero-order chi connectivity index (χ0) is 24.2. The Morgan fingerprint density at radius 2 is 1.65 bits per heavy atom. The van der Waals surface area contributed by atoms with Crippen LogP contribution in [0.1, 0.15) is 61.4 Å². The third kappa shape index (κ3) is 7.49. The molecule has 4 nitrogen and oxygen atoms in total. The zero-order valence-electron chi connectivity index (χ0n) is 18.4. The minimum absolute atomic E-state index is 0. The van der Waals surface area contributed by atoms with E-state index in [9.17, 15) is 31.1 Å². The second kappa shape index (κ2) is 11.6. The average Bonchev–Trinajstić information content (AvgIpc) is 3.12. The van der Waals surface area contributed by atoms with E-state index in [0.29, 0.717) is 24.4 Å². The molecule has 0 radical (unpaired) electrons. The van der Waals surface area contributed by atoms with E-state index in [2.05, 4.69) is 5.32 Å². The smallest absolute Gasteiger partial charge is 0.352 e. The lowest BCUT2D eigenvalue weighted by atomic mass is 9.96. The van der Waals surface area contributed by atoms with Gasteiger partial charge in [-0.3, -0.25) is 9.79 Å². The molecule has 1 N–H and O–H groups in total. The number of nitrogens with zero attached hydrogens (tertiary/aromatic N) is 2. The lowest BCUT2D eigenvalue weighted by molar-refractivity contribution is -0.143. The summed E-state index contributed by atoms with van der Waals surface area (Å²) < 4.78 is 80.0. The fourth-order valence-electron chi connectivity index (χ4n) is 3.86. The number of nitrogens with one attached hydrogen (secondary N) is 1. The number of aromatic nitrogens is 1. The van der Waals surface area contributed by atoms with Crippen molar-refractivity contribution in [1.82, 2.24) is 9.88 Å². The van der Waals surface area contributed by atoms with Crippen molar-refractivity contribution < 1.29 is 31.1 Å². The molecule has 1 fully saturated rings. The normalized spacial score (nSPS) is 15.8. The van der Waals surface area contributed by atoms with E-state index in [1.54, 1.807) is 0 Å². The highest BCUT2D eigenvalue weighted by atomic mass is 35.5. The molecule has 1 aliphatic carbocycles. The summed E-state index contributed by atoms with van der Waals surface area (Å²) in [6.07, 6.45) is -4.33. The number of amides is 1. The number of carbonyl (C=O) groups excluding carboxylic acids is 1. The van der Waals surface area contributed by atoms with Gasteiger partial charge in [0.1, 0.15) is 0 Å². The van der Waals surface area contributed by atoms with Gasteiger partial charge in [0.15, 0.2) is 4.80 Å². The summed E-state index contributed by atoms with van der Waals surface area (Å²) in [7, 11) is 0. The van der Waals surface area contributed by atoms with E-state index in [4.69, 9.17) is 4.99 Å². The Morgan fingerprint density at radius 1 is 1.06 bits per heavy atom. The van der Waals surface area contributed by atoms with Gasteiger partial charge in [-0.05, 0) is 43.5 Å². The summed E-state index contributed by atoms with van der Waals surface area (Å²) in [6.45, 7) is 2.08. The van der Waals surface area contributed by atoms with Gasteiger partial charge in [-0.25, -0.2) is 0 Å². The van der Waals surface area contributed by atoms with Gasteiger partial charge in [-0.2, -0.15) is 26.3 Å². The molecule has 1 aromatic heterocycles. The van der Waals surface area contributed by atoms with Gasteiger partial charge in [0.05, 0.1) is 23.6 Å². The molecule has 1 amide bonds. The molecular formula is C22H26ClF6N3OS. The second-order valence-electron chi connectivity index (χ2n) is 8.04. The van der Waals surface area contributed by atoms with E-state index in [-0.39, 0.29) is 36.5 Å². The summed E-state index contributed by atoms with van der Waals surface area (Å²) in [5, 5.41) is 4.25. The second-order valence-corrected chi connectivity index (χ2v) is 8.88. The first-order valence-electron chi connectivity index (χ1n) is 10.7. The van der Waals surface area contributed by atoms with Crippen LogP contribution in [-0.4, -0.2) is 16.5 Å². The van der Waals surface area contributed by atoms with Crippen molar-refractivity contribution in [1.29, 1.82) is 0 Å². The predicted molar refractivity (Wildman–Crippen MR) is 120 cm³/mol. The zero-order valence-corrected chi connectivity index (χ0v) is 20.1. The highest BCUT2D eigenvalue weighted by Gasteiger charge is 2.36. The quantitative estimate of drug-likeness (QED) is 0.450. The number of benzene rings is 1. The number of alkyl halides is 6. The SMILES string of the molecule is CCn1c(CC(=O)NCc2cc(C(F)(F)F)cc(C(F)(F)F)c2)csc1=NC1CCCCC1.Cl. The number of rotatable bonds is 6. The molecule has 0 saturated heterocycles. The molecule has 0 unspecified atom stereocenters. The van der Waals surface area contributed by atoms with Crippen molar-refractivity contribution in [3.8, 4) is 0 Å². The Kier molecular flexibility index (Phi) is 9.64. The predicted octanol–water partition coefficient (Wildman–Crippen LogP) is 6.12. The molecule has 1 aliphatic rings. The van der Waals surface area contributed by atoms with Gasteiger partial charge in [0.2, 0.25) is 5.91 Å². The van der Waals surface area contributed by atoms with Crippen LogP contribution >= 0.6 is 23.7 Å². The Balaban J connectivity index is 0.00000408. The molecule has 1 aromatic carbocycles. The molecule has 2 aromatic rings. The van der Waals surface area contributed by atoms with Crippen LogP contribution in [0, 0.1) is 0 Å². The molecule has 0 bridgehead atoms. The molecule has 1 heterocycles. The van der Waals surface area contributed by atoms with Crippen LogP contribution in [0.5, 0.6) is 0 Å². The molecule has 12 heteroatoms. The van der Waals surface area contributed by atoms with Crippen molar-refractivity contribution in [3.63, 3.8) is 0 Å². The van der Waals surface area contributed by atoms with Gasteiger partial charge in [0.25, 0.3) is 0 Å². The van der Waals surface area contributed by atoms with Crippen molar-refractivity contribution in [2.45, 2.75) is 76.9 Å². The first-order valence-corrected chi connectivity index (χ1v) is 11.6. The lowest BCUT2D eigenvalue weighted by Crippen LogP contribution is -2.28. The van der Waals surface area contributed by atoms with E-state index in [0.717, 1.165) is 30.5 Å². The van der Waals surface area contributed by atoms with Crippen LogP contribution in [0.3, 0.4) is 0 Å². The molecule has 1 saturated carbocycles. The van der Waals surface area contributed by atoms with E-state index >= 15 is 0 Å². The summed E-state index contributed by atoms with van der Waals surface area (Å²) in [6, 6.07) is 1.57. The fraction of sp³-hybridized carbons (Fsp3) is 0.545. The van der Waals surface area contributed by atoms with Crippen molar-refractivity contribution in [2.24, 2.45) is 4.99 Å². The Morgan fingerprint density at radius 3 is 2.18 bits per heavy atom. The minimum atomic E-state index is -4.93. The van der Waals surface area contributed by atoms with Crippen LogP contribution in [0.15, 0.2) is 28.6 Å². The lowest BCUT2D eigenvalue weighted by Gasteiger charge is -2.17. The molecule has 0 aliphatic heterocycles.